The summed E-state index contributed by atoms with van der Waals surface area (Å²) in [6.45, 7) is 2.21. The first kappa shape index (κ1) is 17.6. The van der Waals surface area contributed by atoms with Crippen molar-refractivity contribution >= 4 is 37.3 Å². The number of rotatable bonds is 6. The van der Waals surface area contributed by atoms with Crippen molar-refractivity contribution in [2.24, 2.45) is 0 Å². The average Bonchev–Trinajstić information content (AvgIpc) is 2.95. The molecule has 0 spiro atoms. The lowest BCUT2D eigenvalue weighted by Crippen LogP contribution is -2.34. The zero-order valence-electron chi connectivity index (χ0n) is 12.7. The fraction of sp³-hybridized carbons (Fsp3) is 0.333. The maximum absolute atomic E-state index is 12.5. The van der Waals surface area contributed by atoms with Gasteiger partial charge in [0.2, 0.25) is 10.0 Å². The molecule has 1 aromatic heterocycles. The van der Waals surface area contributed by atoms with Gasteiger partial charge in [-0.1, -0.05) is 15.9 Å². The van der Waals surface area contributed by atoms with Gasteiger partial charge in [0.1, 0.15) is 0 Å². The van der Waals surface area contributed by atoms with Crippen LogP contribution in [0.15, 0.2) is 44.4 Å². The van der Waals surface area contributed by atoms with Crippen LogP contribution in [0.4, 0.5) is 0 Å². The highest BCUT2D eigenvalue weighted by Crippen LogP contribution is 2.22. The number of hydrogen-bond donors (Lipinski definition) is 1. The molecule has 1 aromatic carbocycles. The van der Waals surface area contributed by atoms with E-state index in [2.05, 4.69) is 20.7 Å². The molecule has 1 heterocycles. The van der Waals surface area contributed by atoms with Crippen molar-refractivity contribution in [3.05, 3.63) is 50.6 Å². The fourth-order valence-corrected chi connectivity index (χ4v) is 4.20. The minimum absolute atomic E-state index is 0.0116. The summed E-state index contributed by atoms with van der Waals surface area (Å²) in [5.74, 6) is 0. The number of sulfonamides is 1. The van der Waals surface area contributed by atoms with Crippen LogP contribution in [0.25, 0.3) is 0 Å². The van der Waals surface area contributed by atoms with E-state index in [4.69, 9.17) is 0 Å². The predicted octanol–water partition coefficient (Wildman–Crippen LogP) is 3.40. The summed E-state index contributed by atoms with van der Waals surface area (Å²) in [5, 5.41) is 4.04. The number of benzene rings is 1. The lowest BCUT2D eigenvalue weighted by atomic mass is 10.1. The molecule has 0 radical (unpaired) electrons. The van der Waals surface area contributed by atoms with Gasteiger partial charge in [-0.3, -0.25) is 0 Å². The monoisotopic (exact) mass is 402 g/mol. The van der Waals surface area contributed by atoms with E-state index >= 15 is 0 Å². The summed E-state index contributed by atoms with van der Waals surface area (Å²) in [7, 11) is 0.376. The van der Waals surface area contributed by atoms with Gasteiger partial charge >= 0.3 is 0 Å². The van der Waals surface area contributed by atoms with Crippen LogP contribution in [0.3, 0.4) is 0 Å². The van der Waals surface area contributed by atoms with E-state index in [0.29, 0.717) is 6.54 Å². The van der Waals surface area contributed by atoms with Crippen LogP contribution in [-0.2, 0) is 10.0 Å². The Balaban J connectivity index is 2.16. The van der Waals surface area contributed by atoms with E-state index in [9.17, 15) is 8.42 Å². The molecule has 0 saturated heterocycles. The Labute approximate surface area is 144 Å². The lowest BCUT2D eigenvalue weighted by molar-refractivity contribution is 0.300. The molecule has 22 heavy (non-hydrogen) atoms. The topological polar surface area (TPSA) is 49.4 Å². The molecule has 0 saturated carbocycles. The third-order valence-corrected chi connectivity index (χ3v) is 6.47. The first-order valence-corrected chi connectivity index (χ1v) is 9.97. The molecule has 120 valence electrons. The first-order chi connectivity index (χ1) is 10.3. The molecule has 0 bridgehead atoms. The summed E-state index contributed by atoms with van der Waals surface area (Å²) in [6.07, 6.45) is 0. The number of nitrogens with zero attached hydrogens (tertiary/aromatic N) is 1. The lowest BCUT2D eigenvalue weighted by Gasteiger charge is -2.24. The Morgan fingerprint density at radius 2 is 2.05 bits per heavy atom. The van der Waals surface area contributed by atoms with Crippen LogP contribution in [0.5, 0.6) is 0 Å². The Morgan fingerprint density at radius 3 is 2.59 bits per heavy atom. The third-order valence-electron chi connectivity index (χ3n) is 3.46. The number of aryl methyl sites for hydroxylation is 1. The van der Waals surface area contributed by atoms with Crippen LogP contribution in [-0.4, -0.2) is 34.0 Å². The Bertz CT molecular complexity index is 728. The highest BCUT2D eigenvalue weighted by molar-refractivity contribution is 9.10. The van der Waals surface area contributed by atoms with Gasteiger partial charge in [-0.15, -0.1) is 0 Å². The second-order valence-electron chi connectivity index (χ2n) is 5.30. The quantitative estimate of drug-likeness (QED) is 0.805. The predicted molar refractivity (Wildman–Crippen MR) is 94.8 cm³/mol. The average molecular weight is 403 g/mol. The molecule has 4 nitrogen and oxygen atoms in total. The Morgan fingerprint density at radius 1 is 1.32 bits per heavy atom. The molecule has 0 aliphatic carbocycles. The molecular formula is C15H19BrN2O2S2. The maximum Gasteiger partial charge on any atom is 0.240 e. The molecule has 0 aliphatic heterocycles. The summed E-state index contributed by atoms with van der Waals surface area (Å²) >= 11 is 4.99. The summed E-state index contributed by atoms with van der Waals surface area (Å²) in [6, 6.07) is 7.06. The highest BCUT2D eigenvalue weighted by atomic mass is 79.9. The van der Waals surface area contributed by atoms with E-state index in [1.54, 1.807) is 29.5 Å². The van der Waals surface area contributed by atoms with E-state index in [-0.39, 0.29) is 10.9 Å². The van der Waals surface area contributed by atoms with Gasteiger partial charge in [0, 0.05) is 17.1 Å². The molecule has 2 rings (SSSR count). The molecule has 2 aromatic rings. The molecule has 1 unspecified atom stereocenters. The normalized spacial score (nSPS) is 13.5. The van der Waals surface area contributed by atoms with E-state index in [1.807, 2.05) is 42.7 Å². The Kier molecular flexibility index (Phi) is 5.79. The second kappa shape index (κ2) is 7.23. The van der Waals surface area contributed by atoms with E-state index in [1.165, 1.54) is 0 Å². The fourth-order valence-electron chi connectivity index (χ4n) is 2.12. The van der Waals surface area contributed by atoms with Crippen molar-refractivity contribution in [2.45, 2.75) is 17.9 Å². The van der Waals surface area contributed by atoms with Crippen LogP contribution in [0, 0.1) is 6.92 Å². The van der Waals surface area contributed by atoms with E-state index < -0.39 is 10.0 Å². The van der Waals surface area contributed by atoms with Crippen LogP contribution in [0.2, 0.25) is 0 Å². The van der Waals surface area contributed by atoms with Gasteiger partial charge in [-0.05, 0) is 67.2 Å². The van der Waals surface area contributed by atoms with Crippen LogP contribution < -0.4 is 4.72 Å². The van der Waals surface area contributed by atoms with Crippen molar-refractivity contribution in [3.8, 4) is 0 Å². The van der Waals surface area contributed by atoms with Gasteiger partial charge < -0.3 is 4.90 Å². The largest absolute Gasteiger partial charge is 0.301 e. The van der Waals surface area contributed by atoms with Gasteiger partial charge in [-0.25, -0.2) is 13.1 Å². The molecule has 1 N–H and O–H groups in total. The minimum Gasteiger partial charge on any atom is -0.301 e. The van der Waals surface area contributed by atoms with Crippen molar-refractivity contribution in [1.29, 1.82) is 0 Å². The van der Waals surface area contributed by atoms with Crippen molar-refractivity contribution < 1.29 is 8.42 Å². The zero-order valence-corrected chi connectivity index (χ0v) is 15.9. The number of hydrogen-bond acceptors (Lipinski definition) is 4. The van der Waals surface area contributed by atoms with Crippen molar-refractivity contribution in [3.63, 3.8) is 0 Å². The minimum atomic E-state index is -3.51. The molecular weight excluding hydrogens is 384 g/mol. The van der Waals surface area contributed by atoms with Crippen molar-refractivity contribution in [1.82, 2.24) is 9.62 Å². The van der Waals surface area contributed by atoms with Crippen molar-refractivity contribution in [2.75, 3.05) is 20.6 Å². The summed E-state index contributed by atoms with van der Waals surface area (Å²) in [5.41, 5.74) is 2.01. The van der Waals surface area contributed by atoms with Crippen LogP contribution >= 0.6 is 27.3 Å². The third kappa shape index (κ3) is 4.17. The van der Waals surface area contributed by atoms with Crippen LogP contribution in [0.1, 0.15) is 17.2 Å². The number of nitrogens with one attached hydrogen (secondary N) is 1. The number of thiophene rings is 1. The van der Waals surface area contributed by atoms with Gasteiger partial charge in [-0.2, -0.15) is 11.3 Å². The Hall–Kier alpha value is -0.730. The summed E-state index contributed by atoms with van der Waals surface area (Å²) < 4.78 is 28.5. The standard InChI is InChI=1S/C15H19BrN2O2S2/c1-11-8-13(4-5-14(11)16)22(19,20)17-9-15(18(2)3)12-6-7-21-10-12/h4-8,10,15,17H,9H2,1-3H3. The second-order valence-corrected chi connectivity index (χ2v) is 8.70. The first-order valence-electron chi connectivity index (χ1n) is 6.75. The van der Waals surface area contributed by atoms with E-state index in [0.717, 1.165) is 15.6 Å². The number of likely N-dealkylation sites (N-methyl/N-ethyl adjacent to an activating group) is 1. The van der Waals surface area contributed by atoms with Gasteiger partial charge in [0.05, 0.1) is 4.90 Å². The SMILES string of the molecule is Cc1cc(S(=O)(=O)NCC(c2ccsc2)N(C)C)ccc1Br. The van der Waals surface area contributed by atoms with Gasteiger partial charge in [0.15, 0.2) is 0 Å². The maximum atomic E-state index is 12.5. The molecule has 1 atom stereocenters. The molecule has 7 heteroatoms. The summed E-state index contributed by atoms with van der Waals surface area (Å²) in [4.78, 5) is 2.30. The molecule has 0 aliphatic rings. The highest BCUT2D eigenvalue weighted by Gasteiger charge is 2.20. The molecule has 0 amide bonds. The molecule has 0 fully saturated rings. The van der Waals surface area contributed by atoms with Gasteiger partial charge in [0.25, 0.3) is 0 Å². The number of halogens is 1. The smallest absolute Gasteiger partial charge is 0.240 e. The zero-order chi connectivity index (χ0) is 16.3.